The molecule has 1 aliphatic heterocycles. The minimum absolute atomic E-state index is 0.507. The van der Waals surface area contributed by atoms with E-state index in [0.717, 1.165) is 26.3 Å². The molecule has 0 radical (unpaired) electrons. The van der Waals surface area contributed by atoms with Crippen molar-refractivity contribution in [2.75, 3.05) is 26.3 Å². The van der Waals surface area contributed by atoms with Crippen LogP contribution in [0.3, 0.4) is 0 Å². The third kappa shape index (κ3) is 3.44. The topological polar surface area (TPSA) is 38.5 Å². The Morgan fingerprint density at radius 3 is 2.60 bits per heavy atom. The molecule has 1 heterocycles. The van der Waals surface area contributed by atoms with Crippen LogP contribution in [0.5, 0.6) is 0 Å². The monoisotopic (exact) mass is 214 g/mol. The van der Waals surface area contributed by atoms with Crippen LogP contribution in [0.1, 0.15) is 33.6 Å². The van der Waals surface area contributed by atoms with Crippen LogP contribution >= 0.6 is 0 Å². The Morgan fingerprint density at radius 1 is 1.47 bits per heavy atom. The van der Waals surface area contributed by atoms with Gasteiger partial charge in [-0.2, -0.15) is 0 Å². The van der Waals surface area contributed by atoms with Gasteiger partial charge in [-0.3, -0.25) is 4.90 Å². The Bertz CT molecular complexity index is 167. The van der Waals surface area contributed by atoms with Gasteiger partial charge in [-0.25, -0.2) is 0 Å². The molecule has 0 bridgehead atoms. The quantitative estimate of drug-likeness (QED) is 0.727. The molecule has 0 saturated carbocycles. The summed E-state index contributed by atoms with van der Waals surface area (Å²) in [5.74, 6) is 0.643. The first kappa shape index (κ1) is 12.9. The number of hydrogen-bond donors (Lipinski definition) is 1. The van der Waals surface area contributed by atoms with Crippen LogP contribution in [-0.2, 0) is 4.74 Å². The summed E-state index contributed by atoms with van der Waals surface area (Å²) in [4.78, 5) is 2.54. The summed E-state index contributed by atoms with van der Waals surface area (Å²) in [6.07, 6.45) is 2.37. The van der Waals surface area contributed by atoms with Gasteiger partial charge in [-0.1, -0.05) is 6.92 Å². The average molecular weight is 214 g/mol. The molecule has 0 aromatic heterocycles. The van der Waals surface area contributed by atoms with E-state index in [0.29, 0.717) is 18.0 Å². The molecule has 90 valence electrons. The van der Waals surface area contributed by atoms with Crippen LogP contribution < -0.4 is 5.73 Å². The molecule has 1 rings (SSSR count). The first-order valence-electron chi connectivity index (χ1n) is 6.24. The van der Waals surface area contributed by atoms with Crippen LogP contribution in [-0.4, -0.2) is 43.3 Å². The molecule has 1 fully saturated rings. The molecule has 0 aliphatic carbocycles. The maximum Gasteiger partial charge on any atom is 0.0510 e. The van der Waals surface area contributed by atoms with E-state index in [-0.39, 0.29) is 0 Å². The van der Waals surface area contributed by atoms with E-state index in [1.807, 2.05) is 0 Å². The second-order valence-corrected chi connectivity index (χ2v) is 4.76. The van der Waals surface area contributed by atoms with Crippen LogP contribution in [0, 0.1) is 5.92 Å². The molecule has 2 unspecified atom stereocenters. The maximum absolute atomic E-state index is 5.92. The van der Waals surface area contributed by atoms with Crippen molar-refractivity contribution in [3.8, 4) is 0 Å². The summed E-state index contributed by atoms with van der Waals surface area (Å²) >= 11 is 0. The second-order valence-electron chi connectivity index (χ2n) is 4.76. The fourth-order valence-electron chi connectivity index (χ4n) is 2.52. The molecule has 2 atom stereocenters. The third-order valence-electron chi connectivity index (χ3n) is 3.32. The van der Waals surface area contributed by atoms with Gasteiger partial charge >= 0.3 is 0 Å². The molecule has 2 N–H and O–H groups in total. The standard InChI is InChI=1S/C12H26N2O/c1-4-6-14(10(2)3)12(8-13)11-5-7-15-9-11/h10-12H,4-9,13H2,1-3H3. The van der Waals surface area contributed by atoms with E-state index < -0.39 is 0 Å². The van der Waals surface area contributed by atoms with Gasteiger partial charge in [0, 0.05) is 31.2 Å². The Hall–Kier alpha value is -0.120. The highest BCUT2D eigenvalue weighted by Gasteiger charge is 2.30. The number of hydrogen-bond acceptors (Lipinski definition) is 3. The lowest BCUT2D eigenvalue weighted by Gasteiger charge is -2.37. The highest BCUT2D eigenvalue weighted by Crippen LogP contribution is 2.22. The lowest BCUT2D eigenvalue weighted by molar-refractivity contribution is 0.0970. The van der Waals surface area contributed by atoms with E-state index in [4.69, 9.17) is 10.5 Å². The SMILES string of the molecule is CCCN(C(C)C)C(CN)C1CCOC1. The maximum atomic E-state index is 5.92. The van der Waals surface area contributed by atoms with Crippen molar-refractivity contribution >= 4 is 0 Å². The van der Waals surface area contributed by atoms with Gasteiger partial charge in [0.15, 0.2) is 0 Å². The van der Waals surface area contributed by atoms with Crippen LogP contribution in [0.4, 0.5) is 0 Å². The van der Waals surface area contributed by atoms with Crippen molar-refractivity contribution in [2.45, 2.75) is 45.7 Å². The molecule has 15 heavy (non-hydrogen) atoms. The van der Waals surface area contributed by atoms with E-state index in [1.165, 1.54) is 12.8 Å². The largest absolute Gasteiger partial charge is 0.381 e. The summed E-state index contributed by atoms with van der Waals surface area (Å²) in [6, 6.07) is 1.09. The highest BCUT2D eigenvalue weighted by atomic mass is 16.5. The zero-order chi connectivity index (χ0) is 11.3. The number of nitrogens with two attached hydrogens (primary N) is 1. The first-order valence-corrected chi connectivity index (χ1v) is 6.24. The van der Waals surface area contributed by atoms with Crippen LogP contribution in [0.15, 0.2) is 0 Å². The first-order chi connectivity index (χ1) is 7.20. The molecule has 3 nitrogen and oxygen atoms in total. The normalized spacial score (nSPS) is 24.0. The van der Waals surface area contributed by atoms with Crippen molar-refractivity contribution in [2.24, 2.45) is 11.7 Å². The lowest BCUT2D eigenvalue weighted by atomic mass is 9.96. The van der Waals surface area contributed by atoms with Gasteiger partial charge in [0.25, 0.3) is 0 Å². The van der Waals surface area contributed by atoms with Gasteiger partial charge in [0.1, 0.15) is 0 Å². The van der Waals surface area contributed by atoms with E-state index >= 15 is 0 Å². The highest BCUT2D eigenvalue weighted by molar-refractivity contribution is 4.84. The molecule has 3 heteroatoms. The van der Waals surface area contributed by atoms with E-state index in [2.05, 4.69) is 25.7 Å². The molecule has 1 aliphatic rings. The predicted molar refractivity (Wildman–Crippen MR) is 63.9 cm³/mol. The molecular formula is C12H26N2O. The Kier molecular flexibility index (Phi) is 5.58. The fourth-order valence-corrected chi connectivity index (χ4v) is 2.52. The minimum Gasteiger partial charge on any atom is -0.381 e. The average Bonchev–Trinajstić information content (AvgIpc) is 2.71. The number of rotatable bonds is 6. The predicted octanol–water partition coefficient (Wildman–Crippen LogP) is 1.47. The summed E-state index contributed by atoms with van der Waals surface area (Å²) in [7, 11) is 0. The van der Waals surface area contributed by atoms with Crippen molar-refractivity contribution in [3.05, 3.63) is 0 Å². The summed E-state index contributed by atoms with van der Waals surface area (Å²) in [5.41, 5.74) is 5.92. The van der Waals surface area contributed by atoms with E-state index in [9.17, 15) is 0 Å². The third-order valence-corrected chi connectivity index (χ3v) is 3.32. The Morgan fingerprint density at radius 2 is 2.20 bits per heavy atom. The second kappa shape index (κ2) is 6.46. The summed E-state index contributed by atoms with van der Waals surface area (Å²) < 4.78 is 5.47. The van der Waals surface area contributed by atoms with Gasteiger partial charge < -0.3 is 10.5 Å². The molecule has 0 spiro atoms. The molecule has 1 saturated heterocycles. The van der Waals surface area contributed by atoms with Crippen molar-refractivity contribution in [3.63, 3.8) is 0 Å². The number of nitrogens with zero attached hydrogens (tertiary/aromatic N) is 1. The minimum atomic E-state index is 0.507. The number of ether oxygens (including phenoxy) is 1. The van der Waals surface area contributed by atoms with Gasteiger partial charge in [-0.15, -0.1) is 0 Å². The fraction of sp³-hybridized carbons (Fsp3) is 1.00. The molecule has 0 aromatic carbocycles. The Labute approximate surface area is 94.0 Å². The smallest absolute Gasteiger partial charge is 0.0510 e. The van der Waals surface area contributed by atoms with Crippen molar-refractivity contribution in [1.29, 1.82) is 0 Å². The van der Waals surface area contributed by atoms with Gasteiger partial charge in [0.2, 0.25) is 0 Å². The molecule has 0 amide bonds. The summed E-state index contributed by atoms with van der Waals surface area (Å²) in [6.45, 7) is 10.5. The Balaban J connectivity index is 2.59. The molecule has 0 aromatic rings. The van der Waals surface area contributed by atoms with Crippen LogP contribution in [0.25, 0.3) is 0 Å². The zero-order valence-corrected chi connectivity index (χ0v) is 10.4. The lowest BCUT2D eigenvalue weighted by Crippen LogP contribution is -2.49. The van der Waals surface area contributed by atoms with Crippen molar-refractivity contribution in [1.82, 2.24) is 4.90 Å². The van der Waals surface area contributed by atoms with Gasteiger partial charge in [0.05, 0.1) is 6.61 Å². The molecular weight excluding hydrogens is 188 g/mol. The zero-order valence-electron chi connectivity index (χ0n) is 10.4. The van der Waals surface area contributed by atoms with Gasteiger partial charge in [-0.05, 0) is 33.2 Å². The summed E-state index contributed by atoms with van der Waals surface area (Å²) in [5, 5.41) is 0. The van der Waals surface area contributed by atoms with Crippen LogP contribution in [0.2, 0.25) is 0 Å². The van der Waals surface area contributed by atoms with Crippen molar-refractivity contribution < 1.29 is 4.74 Å². The van der Waals surface area contributed by atoms with E-state index in [1.54, 1.807) is 0 Å².